The third-order valence-electron chi connectivity index (χ3n) is 3.41. The van der Waals surface area contributed by atoms with Gasteiger partial charge >= 0.3 is 0 Å². The fourth-order valence-corrected chi connectivity index (χ4v) is 2.33. The van der Waals surface area contributed by atoms with Gasteiger partial charge in [0.1, 0.15) is 6.61 Å². The predicted octanol–water partition coefficient (Wildman–Crippen LogP) is 0.705. The Bertz CT molecular complexity index is 439. The molecule has 0 aromatic carbocycles. The number of pyridine rings is 1. The molecule has 0 unspecified atom stereocenters. The van der Waals surface area contributed by atoms with Crippen LogP contribution in [0.15, 0.2) is 23.1 Å². The molecule has 1 aromatic heterocycles. The summed E-state index contributed by atoms with van der Waals surface area (Å²) in [6.45, 7) is 4.33. The van der Waals surface area contributed by atoms with E-state index in [2.05, 4.69) is 4.90 Å². The quantitative estimate of drug-likeness (QED) is 0.789. The Labute approximate surface area is 113 Å². The molecule has 2 rings (SSSR count). The molecule has 0 radical (unpaired) electrons. The molecule has 0 amide bonds. The maximum absolute atomic E-state index is 12.0. The molecule has 5 heteroatoms. The Morgan fingerprint density at radius 2 is 2.05 bits per heavy atom. The summed E-state index contributed by atoms with van der Waals surface area (Å²) in [6.07, 6.45) is 4.83. The van der Waals surface area contributed by atoms with Crippen molar-refractivity contribution in [2.45, 2.75) is 25.8 Å². The van der Waals surface area contributed by atoms with E-state index in [1.54, 1.807) is 16.8 Å². The van der Waals surface area contributed by atoms with Crippen molar-refractivity contribution in [3.8, 4) is 5.75 Å². The molecular formula is C14H22N2O3. The molecule has 0 saturated carbocycles. The van der Waals surface area contributed by atoms with Crippen molar-refractivity contribution in [3.63, 3.8) is 0 Å². The third-order valence-corrected chi connectivity index (χ3v) is 3.41. The highest BCUT2D eigenvalue weighted by atomic mass is 16.5. The topological polar surface area (TPSA) is 54.7 Å². The number of hydrogen-bond acceptors (Lipinski definition) is 4. The van der Waals surface area contributed by atoms with Crippen LogP contribution in [0.3, 0.4) is 0 Å². The van der Waals surface area contributed by atoms with Gasteiger partial charge in [0.15, 0.2) is 5.75 Å². The van der Waals surface area contributed by atoms with Crippen LogP contribution in [0, 0.1) is 0 Å². The van der Waals surface area contributed by atoms with Crippen LogP contribution < -0.4 is 10.3 Å². The number of likely N-dealkylation sites (tertiary alicyclic amines) is 1. The van der Waals surface area contributed by atoms with Crippen LogP contribution in [0.4, 0.5) is 0 Å². The Kier molecular flexibility index (Phi) is 5.42. The summed E-state index contributed by atoms with van der Waals surface area (Å²) in [5.74, 6) is 0.402. The highest BCUT2D eigenvalue weighted by molar-refractivity contribution is 5.17. The van der Waals surface area contributed by atoms with Crippen molar-refractivity contribution in [1.29, 1.82) is 0 Å². The van der Waals surface area contributed by atoms with Crippen molar-refractivity contribution in [2.75, 3.05) is 32.8 Å². The first-order chi connectivity index (χ1) is 9.31. The van der Waals surface area contributed by atoms with Crippen LogP contribution in [0.1, 0.15) is 19.3 Å². The number of nitrogens with zero attached hydrogens (tertiary/aromatic N) is 2. The molecule has 1 fully saturated rings. The van der Waals surface area contributed by atoms with Gasteiger partial charge in [-0.25, -0.2) is 0 Å². The number of rotatable bonds is 7. The Morgan fingerprint density at radius 1 is 1.26 bits per heavy atom. The second-order valence-electron chi connectivity index (χ2n) is 4.85. The third kappa shape index (κ3) is 4.08. The van der Waals surface area contributed by atoms with Gasteiger partial charge in [0.2, 0.25) is 0 Å². The number of aliphatic hydroxyl groups is 1. The zero-order chi connectivity index (χ0) is 13.5. The lowest BCUT2D eigenvalue weighted by Crippen LogP contribution is -2.27. The Balaban J connectivity index is 1.86. The highest BCUT2D eigenvalue weighted by Gasteiger charge is 2.11. The second kappa shape index (κ2) is 7.31. The number of aliphatic hydroxyl groups excluding tert-OH is 1. The van der Waals surface area contributed by atoms with Gasteiger partial charge in [0, 0.05) is 25.9 Å². The van der Waals surface area contributed by atoms with E-state index in [0.29, 0.717) is 25.3 Å². The lowest BCUT2D eigenvalue weighted by atomic mass is 10.4. The number of ether oxygens (including phenoxy) is 1. The summed E-state index contributed by atoms with van der Waals surface area (Å²) >= 11 is 0. The lowest BCUT2D eigenvalue weighted by Gasteiger charge is -2.15. The second-order valence-corrected chi connectivity index (χ2v) is 4.85. The smallest absolute Gasteiger partial charge is 0.292 e. The molecule has 5 nitrogen and oxygen atoms in total. The summed E-state index contributed by atoms with van der Waals surface area (Å²) in [5.41, 5.74) is -0.114. The fraction of sp³-hybridized carbons (Fsp3) is 0.643. The van der Waals surface area contributed by atoms with Crippen LogP contribution in [0.25, 0.3) is 0 Å². The molecule has 2 heterocycles. The minimum atomic E-state index is -0.114. The SMILES string of the molecule is O=c1c(OCCN2CCCC2)cccn1CCCO. The summed E-state index contributed by atoms with van der Waals surface area (Å²) in [6, 6.07) is 3.52. The molecule has 0 bridgehead atoms. The van der Waals surface area contributed by atoms with E-state index in [4.69, 9.17) is 9.84 Å². The first-order valence-electron chi connectivity index (χ1n) is 6.97. The molecule has 1 aromatic rings. The van der Waals surface area contributed by atoms with E-state index in [1.165, 1.54) is 12.8 Å². The zero-order valence-electron chi connectivity index (χ0n) is 11.3. The molecule has 19 heavy (non-hydrogen) atoms. The Hall–Kier alpha value is -1.33. The van der Waals surface area contributed by atoms with Crippen LogP contribution in [0.2, 0.25) is 0 Å². The average Bonchev–Trinajstić information content (AvgIpc) is 2.92. The van der Waals surface area contributed by atoms with Gasteiger partial charge < -0.3 is 14.4 Å². The molecule has 0 atom stereocenters. The van der Waals surface area contributed by atoms with Crippen LogP contribution in [-0.4, -0.2) is 47.4 Å². The van der Waals surface area contributed by atoms with Gasteiger partial charge in [-0.1, -0.05) is 0 Å². The normalized spacial score (nSPS) is 15.8. The maximum atomic E-state index is 12.0. The van der Waals surface area contributed by atoms with Gasteiger partial charge in [-0.2, -0.15) is 0 Å². The van der Waals surface area contributed by atoms with Crippen molar-refractivity contribution >= 4 is 0 Å². The fourth-order valence-electron chi connectivity index (χ4n) is 2.33. The summed E-state index contributed by atoms with van der Waals surface area (Å²) < 4.78 is 7.17. The van der Waals surface area contributed by atoms with Crippen LogP contribution in [-0.2, 0) is 6.54 Å². The van der Waals surface area contributed by atoms with E-state index in [0.717, 1.165) is 19.6 Å². The molecule has 1 N–H and O–H groups in total. The van der Waals surface area contributed by atoms with E-state index in [-0.39, 0.29) is 12.2 Å². The van der Waals surface area contributed by atoms with Crippen molar-refractivity contribution < 1.29 is 9.84 Å². The highest BCUT2D eigenvalue weighted by Crippen LogP contribution is 2.07. The first-order valence-corrected chi connectivity index (χ1v) is 6.97. The summed E-state index contributed by atoms with van der Waals surface area (Å²) in [4.78, 5) is 14.4. The monoisotopic (exact) mass is 266 g/mol. The first kappa shape index (κ1) is 14.1. The summed E-state index contributed by atoms with van der Waals surface area (Å²) in [5, 5.41) is 8.80. The molecule has 1 saturated heterocycles. The number of aryl methyl sites for hydroxylation is 1. The Morgan fingerprint density at radius 3 is 2.79 bits per heavy atom. The van der Waals surface area contributed by atoms with Crippen molar-refractivity contribution in [3.05, 3.63) is 28.7 Å². The van der Waals surface area contributed by atoms with Crippen molar-refractivity contribution in [2.24, 2.45) is 0 Å². The predicted molar refractivity (Wildman–Crippen MR) is 73.6 cm³/mol. The van der Waals surface area contributed by atoms with Gasteiger partial charge in [-0.05, 0) is 44.5 Å². The van der Waals surface area contributed by atoms with E-state index in [1.807, 2.05) is 6.07 Å². The van der Waals surface area contributed by atoms with Gasteiger partial charge in [-0.3, -0.25) is 9.69 Å². The average molecular weight is 266 g/mol. The maximum Gasteiger partial charge on any atom is 0.292 e. The zero-order valence-corrected chi connectivity index (χ0v) is 11.3. The van der Waals surface area contributed by atoms with Crippen LogP contribution in [0.5, 0.6) is 5.75 Å². The number of aromatic nitrogens is 1. The lowest BCUT2D eigenvalue weighted by molar-refractivity contribution is 0.234. The van der Waals surface area contributed by atoms with Gasteiger partial charge in [0.25, 0.3) is 5.56 Å². The molecule has 106 valence electrons. The minimum absolute atomic E-state index is 0.0898. The summed E-state index contributed by atoms with van der Waals surface area (Å²) in [7, 11) is 0. The van der Waals surface area contributed by atoms with E-state index < -0.39 is 0 Å². The molecular weight excluding hydrogens is 244 g/mol. The molecule has 0 spiro atoms. The van der Waals surface area contributed by atoms with E-state index >= 15 is 0 Å². The number of hydrogen-bond donors (Lipinski definition) is 1. The largest absolute Gasteiger partial charge is 0.487 e. The van der Waals surface area contributed by atoms with Gasteiger partial charge in [0.05, 0.1) is 0 Å². The van der Waals surface area contributed by atoms with Crippen molar-refractivity contribution in [1.82, 2.24) is 9.47 Å². The van der Waals surface area contributed by atoms with Crippen LogP contribution >= 0.6 is 0 Å². The molecule has 1 aliphatic rings. The van der Waals surface area contributed by atoms with Gasteiger partial charge in [-0.15, -0.1) is 0 Å². The molecule has 1 aliphatic heterocycles. The standard InChI is InChI=1S/C14H22N2O3/c17-11-4-9-16-8-3-5-13(14(16)18)19-12-10-15-6-1-2-7-15/h3,5,8,17H,1-2,4,6-7,9-12H2. The molecule has 0 aliphatic carbocycles. The van der Waals surface area contributed by atoms with E-state index in [9.17, 15) is 4.79 Å². The minimum Gasteiger partial charge on any atom is -0.487 e.